The van der Waals surface area contributed by atoms with Crippen LogP contribution in [0.2, 0.25) is 0 Å². The van der Waals surface area contributed by atoms with Gasteiger partial charge in [0, 0.05) is 6.92 Å². The molecule has 5 nitrogen and oxygen atoms in total. The van der Waals surface area contributed by atoms with Crippen molar-refractivity contribution in [3.05, 3.63) is 17.5 Å². The Hall–Kier alpha value is -0.460. The van der Waals surface area contributed by atoms with Gasteiger partial charge in [0.15, 0.2) is 0 Å². The molecule has 0 rings (SSSR count). The summed E-state index contributed by atoms with van der Waals surface area (Å²) in [6.07, 6.45) is 0. The Morgan fingerprint density at radius 1 is 2.00 bits per heavy atom. The number of nitrogens with two attached hydrogens (primary N) is 1. The molecule has 0 amide bonds. The second kappa shape index (κ2) is 3.53. The minimum absolute atomic E-state index is 0.308. The first kappa shape index (κ1) is 7.54. The van der Waals surface area contributed by atoms with Gasteiger partial charge in [0.05, 0.1) is 0 Å². The van der Waals surface area contributed by atoms with Gasteiger partial charge in [-0.3, -0.25) is 0 Å². The first-order valence-electron chi connectivity index (χ1n) is 2.00. The van der Waals surface area contributed by atoms with E-state index < -0.39 is 5.23 Å². The molecule has 1 atom stereocenters. The SMILES string of the molecule is C=C(C)[NH+]([O-])ONN. The van der Waals surface area contributed by atoms with Gasteiger partial charge in [0.1, 0.15) is 5.70 Å². The lowest BCUT2D eigenvalue weighted by Gasteiger charge is -2.15. The lowest BCUT2D eigenvalue weighted by Crippen LogP contribution is -3.05. The topological polar surface area (TPSA) is 74.8 Å². The van der Waals surface area contributed by atoms with Gasteiger partial charge in [-0.15, -0.1) is 0 Å². The van der Waals surface area contributed by atoms with Crippen molar-refractivity contribution in [3.8, 4) is 0 Å². The standard InChI is InChI=1S/C3H9N3O2/c1-3(2)6(7)8-5-4/h5-6H,1,4H2,2H3. The Kier molecular flexibility index (Phi) is 3.33. The van der Waals surface area contributed by atoms with E-state index in [1.54, 1.807) is 5.59 Å². The Balaban J connectivity index is 3.32. The fraction of sp³-hybridized carbons (Fsp3) is 0.333. The third-order valence-corrected chi connectivity index (χ3v) is 0.500. The van der Waals surface area contributed by atoms with Gasteiger partial charge in [-0.25, -0.2) is 5.84 Å². The number of hydrogen-bond donors (Lipinski definition) is 3. The van der Waals surface area contributed by atoms with Gasteiger partial charge in [-0.1, -0.05) is 10.5 Å². The van der Waals surface area contributed by atoms with Crippen LogP contribution in [0.25, 0.3) is 0 Å². The van der Waals surface area contributed by atoms with Crippen LogP contribution in [0.4, 0.5) is 0 Å². The van der Waals surface area contributed by atoms with E-state index in [0.717, 1.165) is 0 Å². The summed E-state index contributed by atoms with van der Waals surface area (Å²) in [7, 11) is 0. The maximum atomic E-state index is 10.3. The molecule has 48 valence electrons. The molecule has 8 heavy (non-hydrogen) atoms. The Bertz CT molecular complexity index is 84.6. The van der Waals surface area contributed by atoms with Crippen molar-refractivity contribution in [2.75, 3.05) is 0 Å². The van der Waals surface area contributed by atoms with Crippen LogP contribution in [0, 0.1) is 5.21 Å². The lowest BCUT2D eigenvalue weighted by atomic mass is 10.6. The van der Waals surface area contributed by atoms with Gasteiger partial charge in [-0.2, -0.15) is 5.23 Å². The molecule has 0 saturated carbocycles. The fourth-order valence-corrected chi connectivity index (χ4v) is 0.141. The molecule has 0 aromatic heterocycles. The number of hydroxylamine groups is 2. The predicted molar refractivity (Wildman–Crippen MR) is 27.6 cm³/mol. The summed E-state index contributed by atoms with van der Waals surface area (Å²) < 4.78 is 0. The summed E-state index contributed by atoms with van der Waals surface area (Å²) in [4.78, 5) is 4.09. The van der Waals surface area contributed by atoms with Gasteiger partial charge in [-0.05, 0) is 6.58 Å². The first-order valence-corrected chi connectivity index (χ1v) is 2.00. The predicted octanol–water partition coefficient (Wildman–Crippen LogP) is -1.79. The van der Waals surface area contributed by atoms with E-state index in [9.17, 15) is 5.21 Å². The molecule has 0 aliphatic rings. The van der Waals surface area contributed by atoms with Crippen LogP contribution in [0.3, 0.4) is 0 Å². The molecule has 0 spiro atoms. The Labute approximate surface area is 47.2 Å². The quantitative estimate of drug-likeness (QED) is 0.303. The van der Waals surface area contributed by atoms with E-state index in [2.05, 4.69) is 17.4 Å². The summed E-state index contributed by atoms with van der Waals surface area (Å²) in [5.74, 6) is 4.63. The van der Waals surface area contributed by atoms with Crippen LogP contribution in [0.15, 0.2) is 12.3 Å². The van der Waals surface area contributed by atoms with Crippen molar-refractivity contribution in [1.29, 1.82) is 0 Å². The smallest absolute Gasteiger partial charge is 0.131 e. The summed E-state index contributed by atoms with van der Waals surface area (Å²) in [6, 6.07) is 0. The minimum Gasteiger partial charge on any atom is -0.593 e. The molecule has 4 N–H and O–H groups in total. The molecule has 0 fully saturated rings. The molecule has 0 aromatic rings. The molecule has 0 aromatic carbocycles. The molecule has 0 bridgehead atoms. The van der Waals surface area contributed by atoms with E-state index in [4.69, 9.17) is 0 Å². The highest BCUT2D eigenvalue weighted by Gasteiger charge is 1.93. The zero-order valence-corrected chi connectivity index (χ0v) is 4.60. The van der Waals surface area contributed by atoms with Crippen LogP contribution in [-0.2, 0) is 4.94 Å². The second-order valence-corrected chi connectivity index (χ2v) is 1.29. The van der Waals surface area contributed by atoms with Crippen LogP contribution in [0.1, 0.15) is 6.92 Å². The molecular weight excluding hydrogens is 110 g/mol. The monoisotopic (exact) mass is 119 g/mol. The van der Waals surface area contributed by atoms with Crippen LogP contribution >= 0.6 is 0 Å². The van der Waals surface area contributed by atoms with Crippen LogP contribution in [-0.4, -0.2) is 0 Å². The Morgan fingerprint density at radius 2 is 2.50 bits per heavy atom. The average Bonchev–Trinajstić information content (AvgIpc) is 1.67. The largest absolute Gasteiger partial charge is 0.593 e. The fourth-order valence-electron chi connectivity index (χ4n) is 0.141. The van der Waals surface area contributed by atoms with Crippen molar-refractivity contribution in [2.24, 2.45) is 5.84 Å². The van der Waals surface area contributed by atoms with Crippen LogP contribution in [0.5, 0.6) is 0 Å². The zero-order valence-electron chi connectivity index (χ0n) is 4.60. The molecule has 1 unspecified atom stereocenters. The highest BCUT2D eigenvalue weighted by atomic mass is 17.0. The van der Waals surface area contributed by atoms with E-state index in [1.165, 1.54) is 6.92 Å². The number of quaternary nitrogens is 1. The Morgan fingerprint density at radius 3 is 2.62 bits per heavy atom. The third-order valence-electron chi connectivity index (χ3n) is 0.500. The maximum absolute atomic E-state index is 10.3. The maximum Gasteiger partial charge on any atom is 0.131 e. The highest BCUT2D eigenvalue weighted by Crippen LogP contribution is 1.64. The summed E-state index contributed by atoms with van der Waals surface area (Å²) in [5, 5.41) is 9.73. The summed E-state index contributed by atoms with van der Waals surface area (Å²) in [5.41, 5.74) is 2.05. The average molecular weight is 119 g/mol. The normalized spacial score (nSPS) is 13.4. The van der Waals surface area contributed by atoms with Crippen molar-refractivity contribution >= 4 is 0 Å². The number of allylic oxidation sites excluding steroid dienone is 1. The van der Waals surface area contributed by atoms with Crippen molar-refractivity contribution in [1.82, 2.24) is 5.59 Å². The van der Waals surface area contributed by atoms with E-state index in [-0.39, 0.29) is 0 Å². The summed E-state index contributed by atoms with van der Waals surface area (Å²) in [6.45, 7) is 4.83. The van der Waals surface area contributed by atoms with Crippen molar-refractivity contribution < 1.29 is 10.2 Å². The molecule has 0 aliphatic heterocycles. The van der Waals surface area contributed by atoms with Gasteiger partial charge >= 0.3 is 0 Å². The van der Waals surface area contributed by atoms with Gasteiger partial charge in [0.25, 0.3) is 0 Å². The first-order chi connectivity index (χ1) is 3.68. The lowest BCUT2D eigenvalue weighted by molar-refractivity contribution is -1.03. The molecular formula is C3H9N3O2. The molecule has 0 aliphatic carbocycles. The summed E-state index contributed by atoms with van der Waals surface area (Å²) >= 11 is 0. The minimum atomic E-state index is -0.549. The number of rotatable bonds is 3. The molecule has 0 heterocycles. The van der Waals surface area contributed by atoms with Crippen molar-refractivity contribution in [3.63, 3.8) is 0 Å². The molecule has 0 radical (unpaired) electrons. The van der Waals surface area contributed by atoms with Gasteiger partial charge < -0.3 is 5.21 Å². The van der Waals surface area contributed by atoms with Gasteiger partial charge in [0.2, 0.25) is 0 Å². The third kappa shape index (κ3) is 2.67. The zero-order chi connectivity index (χ0) is 6.57. The number of hydrogen-bond acceptors (Lipinski definition) is 4. The van der Waals surface area contributed by atoms with E-state index >= 15 is 0 Å². The van der Waals surface area contributed by atoms with E-state index in [0.29, 0.717) is 5.70 Å². The molecule has 0 saturated heterocycles. The van der Waals surface area contributed by atoms with Crippen LogP contribution < -0.4 is 16.7 Å². The second-order valence-electron chi connectivity index (χ2n) is 1.29. The van der Waals surface area contributed by atoms with Crippen molar-refractivity contribution in [2.45, 2.75) is 6.92 Å². The number of nitrogens with one attached hydrogen (secondary N) is 2. The molecule has 5 heteroatoms. The highest BCUT2D eigenvalue weighted by molar-refractivity contribution is 4.68. The number of hydrazine groups is 1. The van der Waals surface area contributed by atoms with E-state index in [1.807, 2.05) is 0 Å².